The fraction of sp³-hybridized carbons (Fsp3) is 0.533. The lowest BCUT2D eigenvalue weighted by molar-refractivity contribution is -0.384. The maximum Gasteiger partial charge on any atom is 0.269 e. The Bertz CT molecular complexity index is 507. The highest BCUT2D eigenvalue weighted by Crippen LogP contribution is 2.26. The van der Waals surface area contributed by atoms with Gasteiger partial charge < -0.3 is 4.74 Å². The highest BCUT2D eigenvalue weighted by molar-refractivity contribution is 5.82. The molecule has 0 N–H and O–H groups in total. The van der Waals surface area contributed by atoms with Gasteiger partial charge in [0.25, 0.3) is 5.69 Å². The van der Waals surface area contributed by atoms with Gasteiger partial charge in [0, 0.05) is 18.1 Å². The Morgan fingerprint density at radius 3 is 2.65 bits per heavy atom. The summed E-state index contributed by atoms with van der Waals surface area (Å²) in [6.07, 6.45) is 5.37. The van der Waals surface area contributed by atoms with Crippen LogP contribution in [0.15, 0.2) is 18.2 Å². The molecule has 1 aliphatic carbocycles. The number of hydrogen-bond acceptors (Lipinski definition) is 4. The molecule has 108 valence electrons. The predicted octanol–water partition coefficient (Wildman–Crippen LogP) is 3.43. The minimum atomic E-state index is -0.441. The number of carbonyl (C=O) groups is 1. The number of nitrogens with zero attached hydrogens (tertiary/aromatic N) is 1. The van der Waals surface area contributed by atoms with E-state index in [0.717, 1.165) is 25.7 Å². The molecule has 0 amide bonds. The standard InChI is InChI=1S/C15H19NO4/c1-11-9-13(16(18)19)7-8-15(11)20-10-14(17)12-5-3-2-4-6-12/h7-9,12H,2-6,10H2,1H3. The first kappa shape index (κ1) is 14.5. The monoisotopic (exact) mass is 277 g/mol. The molecule has 0 radical (unpaired) electrons. The Morgan fingerprint density at radius 2 is 2.05 bits per heavy atom. The normalized spacial score (nSPS) is 15.8. The summed E-state index contributed by atoms with van der Waals surface area (Å²) in [4.78, 5) is 22.2. The molecule has 5 heteroatoms. The Labute approximate surface area is 118 Å². The molecule has 0 heterocycles. The van der Waals surface area contributed by atoms with Gasteiger partial charge in [-0.25, -0.2) is 0 Å². The minimum absolute atomic E-state index is 0.0356. The lowest BCUT2D eigenvalue weighted by Gasteiger charge is -2.20. The Kier molecular flexibility index (Phi) is 4.71. The third-order valence-corrected chi connectivity index (χ3v) is 3.80. The topological polar surface area (TPSA) is 69.4 Å². The molecule has 0 spiro atoms. The van der Waals surface area contributed by atoms with E-state index in [2.05, 4.69) is 0 Å². The van der Waals surface area contributed by atoms with Crippen molar-refractivity contribution in [3.63, 3.8) is 0 Å². The number of ether oxygens (including phenoxy) is 1. The Hall–Kier alpha value is -1.91. The van der Waals surface area contributed by atoms with Crippen molar-refractivity contribution in [3.8, 4) is 5.75 Å². The number of nitro benzene ring substituents is 1. The zero-order chi connectivity index (χ0) is 14.5. The Balaban J connectivity index is 1.93. The van der Waals surface area contributed by atoms with Crippen LogP contribution < -0.4 is 4.74 Å². The minimum Gasteiger partial charge on any atom is -0.486 e. The van der Waals surface area contributed by atoms with Crippen LogP contribution in [0.5, 0.6) is 5.75 Å². The molecule has 20 heavy (non-hydrogen) atoms. The lowest BCUT2D eigenvalue weighted by Crippen LogP contribution is -2.23. The number of rotatable bonds is 5. The molecule has 1 aromatic rings. The van der Waals surface area contributed by atoms with Crippen LogP contribution in [-0.2, 0) is 4.79 Å². The zero-order valence-corrected chi connectivity index (χ0v) is 11.6. The first-order valence-electron chi connectivity index (χ1n) is 6.98. The number of nitro groups is 1. The fourth-order valence-corrected chi connectivity index (χ4v) is 2.60. The first-order valence-corrected chi connectivity index (χ1v) is 6.98. The molecule has 1 aromatic carbocycles. The van der Waals surface area contributed by atoms with Crippen molar-refractivity contribution < 1.29 is 14.5 Å². The average Bonchev–Trinajstić information content (AvgIpc) is 2.46. The SMILES string of the molecule is Cc1cc([N+](=O)[O-])ccc1OCC(=O)C1CCCCC1. The molecular formula is C15H19NO4. The summed E-state index contributed by atoms with van der Waals surface area (Å²) >= 11 is 0. The second-order valence-corrected chi connectivity index (χ2v) is 5.30. The average molecular weight is 277 g/mol. The molecule has 0 aromatic heterocycles. The van der Waals surface area contributed by atoms with Crippen molar-refractivity contribution >= 4 is 11.5 Å². The third kappa shape index (κ3) is 3.56. The van der Waals surface area contributed by atoms with Crippen molar-refractivity contribution in [2.24, 2.45) is 5.92 Å². The number of carbonyl (C=O) groups excluding carboxylic acids is 1. The van der Waals surface area contributed by atoms with Gasteiger partial charge in [0.15, 0.2) is 5.78 Å². The number of Topliss-reactive ketones (excluding diaryl/α,β-unsaturated/α-hetero) is 1. The molecular weight excluding hydrogens is 258 g/mol. The molecule has 2 rings (SSSR count). The van der Waals surface area contributed by atoms with Gasteiger partial charge in [-0.15, -0.1) is 0 Å². The van der Waals surface area contributed by atoms with Gasteiger partial charge in [-0.05, 0) is 31.4 Å². The third-order valence-electron chi connectivity index (χ3n) is 3.80. The van der Waals surface area contributed by atoms with E-state index in [1.165, 1.54) is 18.6 Å². The van der Waals surface area contributed by atoms with Crippen molar-refractivity contribution in [1.29, 1.82) is 0 Å². The van der Waals surface area contributed by atoms with Crippen LogP contribution in [0.4, 0.5) is 5.69 Å². The summed E-state index contributed by atoms with van der Waals surface area (Å²) in [5, 5.41) is 10.6. The quantitative estimate of drug-likeness (QED) is 0.610. The first-order chi connectivity index (χ1) is 9.58. The largest absolute Gasteiger partial charge is 0.486 e. The maximum atomic E-state index is 12.0. The molecule has 5 nitrogen and oxygen atoms in total. The van der Waals surface area contributed by atoms with E-state index in [-0.39, 0.29) is 24.0 Å². The van der Waals surface area contributed by atoms with Crippen LogP contribution in [-0.4, -0.2) is 17.3 Å². The molecule has 0 bridgehead atoms. The number of hydrogen-bond donors (Lipinski definition) is 0. The van der Waals surface area contributed by atoms with E-state index in [4.69, 9.17) is 4.74 Å². The highest BCUT2D eigenvalue weighted by atomic mass is 16.6. The van der Waals surface area contributed by atoms with E-state index >= 15 is 0 Å². The fourth-order valence-electron chi connectivity index (χ4n) is 2.60. The van der Waals surface area contributed by atoms with Crippen molar-refractivity contribution in [2.75, 3.05) is 6.61 Å². The summed E-state index contributed by atoms with van der Waals surface area (Å²) in [5.74, 6) is 0.810. The van der Waals surface area contributed by atoms with Crippen molar-refractivity contribution in [2.45, 2.75) is 39.0 Å². The number of aryl methyl sites for hydroxylation is 1. The highest BCUT2D eigenvalue weighted by Gasteiger charge is 2.21. The van der Waals surface area contributed by atoms with E-state index in [1.54, 1.807) is 13.0 Å². The second-order valence-electron chi connectivity index (χ2n) is 5.30. The van der Waals surface area contributed by atoms with Gasteiger partial charge >= 0.3 is 0 Å². The van der Waals surface area contributed by atoms with Gasteiger partial charge in [-0.3, -0.25) is 14.9 Å². The lowest BCUT2D eigenvalue weighted by atomic mass is 9.86. The number of benzene rings is 1. The van der Waals surface area contributed by atoms with Crippen LogP contribution >= 0.6 is 0 Å². The van der Waals surface area contributed by atoms with Gasteiger partial charge in [0.2, 0.25) is 0 Å². The summed E-state index contributed by atoms with van der Waals surface area (Å²) in [6.45, 7) is 1.80. The predicted molar refractivity (Wildman–Crippen MR) is 74.9 cm³/mol. The summed E-state index contributed by atoms with van der Waals surface area (Å²) in [5.41, 5.74) is 0.712. The number of ketones is 1. The van der Waals surface area contributed by atoms with Crippen LogP contribution in [0.1, 0.15) is 37.7 Å². The van der Waals surface area contributed by atoms with Gasteiger partial charge in [-0.2, -0.15) is 0 Å². The van der Waals surface area contributed by atoms with Crippen LogP contribution in [0.25, 0.3) is 0 Å². The second kappa shape index (κ2) is 6.50. The van der Waals surface area contributed by atoms with E-state index in [1.807, 2.05) is 0 Å². The summed E-state index contributed by atoms with van der Waals surface area (Å²) in [7, 11) is 0. The molecule has 0 saturated heterocycles. The molecule has 1 fully saturated rings. The molecule has 0 unspecified atom stereocenters. The zero-order valence-electron chi connectivity index (χ0n) is 11.6. The number of non-ortho nitro benzene ring substituents is 1. The van der Waals surface area contributed by atoms with Crippen molar-refractivity contribution in [1.82, 2.24) is 0 Å². The molecule has 0 aliphatic heterocycles. The smallest absolute Gasteiger partial charge is 0.269 e. The van der Waals surface area contributed by atoms with Gasteiger partial charge in [0.05, 0.1) is 4.92 Å². The molecule has 1 aliphatic rings. The van der Waals surface area contributed by atoms with E-state index in [0.29, 0.717) is 11.3 Å². The Morgan fingerprint density at radius 1 is 1.35 bits per heavy atom. The van der Waals surface area contributed by atoms with Crippen LogP contribution in [0.3, 0.4) is 0 Å². The van der Waals surface area contributed by atoms with E-state index < -0.39 is 4.92 Å². The van der Waals surface area contributed by atoms with Crippen molar-refractivity contribution in [3.05, 3.63) is 33.9 Å². The molecule has 1 saturated carbocycles. The van der Waals surface area contributed by atoms with E-state index in [9.17, 15) is 14.9 Å². The molecule has 0 atom stereocenters. The van der Waals surface area contributed by atoms with Gasteiger partial charge in [0.1, 0.15) is 12.4 Å². The van der Waals surface area contributed by atoms with Crippen LogP contribution in [0, 0.1) is 23.0 Å². The maximum absolute atomic E-state index is 12.0. The summed E-state index contributed by atoms with van der Waals surface area (Å²) in [6, 6.07) is 4.41. The summed E-state index contributed by atoms with van der Waals surface area (Å²) < 4.78 is 5.51. The van der Waals surface area contributed by atoms with Crippen LogP contribution in [0.2, 0.25) is 0 Å². The van der Waals surface area contributed by atoms with Gasteiger partial charge in [-0.1, -0.05) is 19.3 Å².